The molecular weight excluding hydrogens is 341 g/mol. The quantitative estimate of drug-likeness (QED) is 0.842. The molecule has 0 radical (unpaired) electrons. The monoisotopic (exact) mass is 357 g/mol. The molecule has 108 valence electrons. The summed E-state index contributed by atoms with van der Waals surface area (Å²) in [6.45, 7) is 3.76. The van der Waals surface area contributed by atoms with Crippen LogP contribution < -0.4 is 10.6 Å². The molecule has 6 heteroatoms. The molecule has 1 aromatic carbocycles. The van der Waals surface area contributed by atoms with Crippen molar-refractivity contribution in [1.29, 1.82) is 0 Å². The lowest BCUT2D eigenvalue weighted by atomic mass is 10.1. The molecule has 2 N–H and O–H groups in total. The van der Waals surface area contributed by atoms with Gasteiger partial charge in [-0.3, -0.25) is 4.90 Å². The highest BCUT2D eigenvalue weighted by atomic mass is 79.9. The highest BCUT2D eigenvalue weighted by molar-refractivity contribution is 9.10. The van der Waals surface area contributed by atoms with Crippen molar-refractivity contribution in [2.45, 2.75) is 18.9 Å². The lowest BCUT2D eigenvalue weighted by Crippen LogP contribution is -2.47. The van der Waals surface area contributed by atoms with Crippen molar-refractivity contribution in [3.8, 4) is 0 Å². The van der Waals surface area contributed by atoms with Crippen LogP contribution in [0.2, 0.25) is 0 Å². The first-order valence-electron chi connectivity index (χ1n) is 6.84. The van der Waals surface area contributed by atoms with Crippen molar-refractivity contribution in [3.05, 3.63) is 28.0 Å². The lowest BCUT2D eigenvalue weighted by Gasteiger charge is -2.36. The van der Waals surface area contributed by atoms with Gasteiger partial charge in [0.25, 0.3) is 0 Å². The fourth-order valence-corrected chi connectivity index (χ4v) is 3.59. The normalized spacial score (nSPS) is 20.2. The van der Waals surface area contributed by atoms with Crippen molar-refractivity contribution in [2.75, 3.05) is 31.1 Å². The lowest BCUT2D eigenvalue weighted by molar-refractivity contribution is 0.247. The van der Waals surface area contributed by atoms with Crippen molar-refractivity contribution in [1.82, 2.24) is 4.90 Å². The smallest absolute Gasteiger partial charge is 0.161 e. The number of hydrogen-bond donors (Lipinski definition) is 1. The van der Waals surface area contributed by atoms with Crippen LogP contribution in [0.4, 0.5) is 10.1 Å². The second-order valence-electron chi connectivity index (χ2n) is 5.38. The molecule has 1 aliphatic heterocycles. The maximum atomic E-state index is 14.5. The van der Waals surface area contributed by atoms with Gasteiger partial charge in [0.2, 0.25) is 0 Å². The third kappa shape index (κ3) is 2.69. The number of piperazine rings is 1. The number of nitrogens with zero attached hydrogens (tertiary/aromatic N) is 2. The summed E-state index contributed by atoms with van der Waals surface area (Å²) in [5.41, 5.74) is 6.77. The Bertz CT molecular complexity index is 539. The van der Waals surface area contributed by atoms with Crippen LogP contribution in [0.3, 0.4) is 0 Å². The summed E-state index contributed by atoms with van der Waals surface area (Å²) in [7, 11) is 0. The van der Waals surface area contributed by atoms with Gasteiger partial charge < -0.3 is 10.6 Å². The predicted octanol–water partition coefficient (Wildman–Crippen LogP) is 2.51. The van der Waals surface area contributed by atoms with E-state index in [1.165, 1.54) is 12.8 Å². The van der Waals surface area contributed by atoms with Crippen LogP contribution in [0, 0.1) is 5.82 Å². The van der Waals surface area contributed by atoms with Gasteiger partial charge in [-0.2, -0.15) is 0 Å². The van der Waals surface area contributed by atoms with Crippen LogP contribution >= 0.6 is 28.1 Å². The van der Waals surface area contributed by atoms with Gasteiger partial charge in [-0.25, -0.2) is 4.39 Å². The highest BCUT2D eigenvalue weighted by Crippen LogP contribution is 2.32. The third-order valence-electron chi connectivity index (χ3n) is 4.05. The van der Waals surface area contributed by atoms with Crippen molar-refractivity contribution in [2.24, 2.45) is 5.73 Å². The minimum atomic E-state index is -0.268. The fourth-order valence-electron chi connectivity index (χ4n) is 2.74. The molecule has 1 heterocycles. The number of nitrogens with two attached hydrogens (primary N) is 1. The van der Waals surface area contributed by atoms with Gasteiger partial charge in [-0.15, -0.1) is 0 Å². The number of hydrogen-bond acceptors (Lipinski definition) is 3. The summed E-state index contributed by atoms with van der Waals surface area (Å²) in [4.78, 5) is 4.82. The van der Waals surface area contributed by atoms with Crippen molar-refractivity contribution < 1.29 is 4.39 Å². The molecule has 0 spiro atoms. The molecule has 0 unspecified atom stereocenters. The molecular formula is C14H17BrFN3S. The molecule has 20 heavy (non-hydrogen) atoms. The molecule has 1 aliphatic carbocycles. The van der Waals surface area contributed by atoms with Gasteiger partial charge in [-0.1, -0.05) is 12.2 Å². The van der Waals surface area contributed by atoms with E-state index in [4.69, 9.17) is 18.0 Å². The molecule has 0 atom stereocenters. The van der Waals surface area contributed by atoms with Gasteiger partial charge in [0, 0.05) is 37.8 Å². The van der Waals surface area contributed by atoms with E-state index < -0.39 is 0 Å². The minimum Gasteiger partial charge on any atom is -0.389 e. The zero-order valence-corrected chi connectivity index (χ0v) is 13.5. The summed E-state index contributed by atoms with van der Waals surface area (Å²) in [6.07, 6.45) is 2.64. The molecule has 0 bridgehead atoms. The van der Waals surface area contributed by atoms with Crippen LogP contribution in [0.1, 0.15) is 18.4 Å². The van der Waals surface area contributed by atoms with Crippen LogP contribution in [-0.4, -0.2) is 42.1 Å². The zero-order chi connectivity index (χ0) is 14.3. The van der Waals surface area contributed by atoms with Gasteiger partial charge in [0.15, 0.2) is 5.82 Å². The predicted molar refractivity (Wildman–Crippen MR) is 86.8 cm³/mol. The summed E-state index contributed by atoms with van der Waals surface area (Å²) in [5, 5.41) is 0. The molecule has 2 fully saturated rings. The van der Waals surface area contributed by atoms with Crippen LogP contribution in [0.5, 0.6) is 0 Å². The number of benzene rings is 1. The molecule has 1 aromatic rings. The van der Waals surface area contributed by atoms with E-state index in [-0.39, 0.29) is 10.8 Å². The fraction of sp³-hybridized carbons (Fsp3) is 0.500. The molecule has 3 rings (SSSR count). The van der Waals surface area contributed by atoms with Crippen molar-refractivity contribution in [3.63, 3.8) is 0 Å². The Labute approximate surface area is 132 Å². The van der Waals surface area contributed by atoms with E-state index in [1.54, 1.807) is 12.1 Å². The largest absolute Gasteiger partial charge is 0.389 e. The van der Waals surface area contributed by atoms with Gasteiger partial charge in [0.1, 0.15) is 4.99 Å². The average Bonchev–Trinajstić information content (AvgIpc) is 3.26. The summed E-state index contributed by atoms with van der Waals surface area (Å²) < 4.78 is 14.8. The standard InChI is InChI=1S/C14H17BrFN3S/c15-12-10(14(17)20)3-4-11(13(12)16)19-7-5-18(6-8-19)9-1-2-9/h3-4,9H,1-2,5-8H2,(H2,17,20). The van der Waals surface area contributed by atoms with E-state index in [1.807, 2.05) is 0 Å². The van der Waals surface area contributed by atoms with Crippen LogP contribution in [0.15, 0.2) is 16.6 Å². The van der Waals surface area contributed by atoms with Crippen LogP contribution in [0.25, 0.3) is 0 Å². The zero-order valence-electron chi connectivity index (χ0n) is 11.1. The van der Waals surface area contributed by atoms with Gasteiger partial charge in [-0.05, 0) is 40.9 Å². The Kier molecular flexibility index (Phi) is 3.97. The first-order chi connectivity index (χ1) is 9.58. The van der Waals surface area contributed by atoms with E-state index >= 15 is 0 Å². The van der Waals surface area contributed by atoms with E-state index in [9.17, 15) is 4.39 Å². The summed E-state index contributed by atoms with van der Waals surface area (Å²) in [6, 6.07) is 4.35. The van der Waals surface area contributed by atoms with Crippen LogP contribution in [-0.2, 0) is 0 Å². The summed E-state index contributed by atoms with van der Waals surface area (Å²) in [5.74, 6) is -0.268. The molecule has 0 aromatic heterocycles. The molecule has 1 saturated heterocycles. The van der Waals surface area contributed by atoms with Gasteiger partial charge in [0.05, 0.1) is 10.2 Å². The second kappa shape index (κ2) is 5.58. The average molecular weight is 358 g/mol. The van der Waals surface area contributed by atoms with Crippen molar-refractivity contribution >= 4 is 38.8 Å². The molecule has 0 amide bonds. The maximum Gasteiger partial charge on any atom is 0.161 e. The van der Waals surface area contributed by atoms with E-state index in [0.717, 1.165) is 32.2 Å². The van der Waals surface area contributed by atoms with Gasteiger partial charge >= 0.3 is 0 Å². The Balaban J connectivity index is 1.77. The maximum absolute atomic E-state index is 14.5. The Hall–Kier alpha value is -0.720. The number of halogens is 2. The highest BCUT2D eigenvalue weighted by Gasteiger charge is 2.31. The SMILES string of the molecule is NC(=S)c1ccc(N2CCN(C3CC3)CC2)c(F)c1Br. The first-order valence-corrected chi connectivity index (χ1v) is 8.05. The third-order valence-corrected chi connectivity index (χ3v) is 5.04. The molecule has 3 nitrogen and oxygen atoms in total. The Morgan fingerprint density at radius 2 is 1.90 bits per heavy atom. The molecule has 2 aliphatic rings. The summed E-state index contributed by atoms with van der Waals surface area (Å²) >= 11 is 8.18. The Morgan fingerprint density at radius 1 is 1.25 bits per heavy atom. The number of rotatable bonds is 3. The van der Waals surface area contributed by atoms with E-state index in [0.29, 0.717) is 15.7 Å². The number of anilines is 1. The Morgan fingerprint density at radius 3 is 2.45 bits per heavy atom. The minimum absolute atomic E-state index is 0.209. The first kappa shape index (κ1) is 14.2. The molecule has 1 saturated carbocycles. The second-order valence-corrected chi connectivity index (χ2v) is 6.61. The van der Waals surface area contributed by atoms with E-state index in [2.05, 4.69) is 25.7 Å². The topological polar surface area (TPSA) is 32.5 Å². The number of thiocarbonyl (C=S) groups is 1.